The van der Waals surface area contributed by atoms with E-state index in [1.807, 2.05) is 0 Å². The lowest BCUT2D eigenvalue weighted by Gasteiger charge is -2.44. The molecule has 2 aromatic rings. The number of aromatic hydroxyl groups is 1. The highest BCUT2D eigenvalue weighted by atomic mass is 32.2. The fraction of sp³-hybridized carbons (Fsp3) is 0.316. The molecule has 0 aromatic carbocycles. The second-order valence-corrected chi connectivity index (χ2v) is 10.7. The number of nitrogens with zero attached hydrogens (tertiary/aromatic N) is 3. The molecule has 3 rings (SSSR count). The molecule has 1 fully saturated rings. The summed E-state index contributed by atoms with van der Waals surface area (Å²) in [6.07, 6.45) is 0.907. The number of carbonyl (C=O) groups excluding carboxylic acids is 3. The van der Waals surface area contributed by atoms with Crippen molar-refractivity contribution in [2.75, 3.05) is 17.6 Å². The fourth-order valence-electron chi connectivity index (χ4n) is 3.07. The van der Waals surface area contributed by atoms with Gasteiger partial charge in [0, 0.05) is 24.2 Å². The molecule has 4 amide bonds. The number of oxime groups is 1. The van der Waals surface area contributed by atoms with Gasteiger partial charge in [0.15, 0.2) is 16.6 Å². The maximum atomic E-state index is 13.0. The Balaban J connectivity index is 1.79. The summed E-state index contributed by atoms with van der Waals surface area (Å²) in [7, 11) is -5.12. The Bertz CT molecular complexity index is 1550. The van der Waals surface area contributed by atoms with Crippen molar-refractivity contribution in [2.45, 2.75) is 31.5 Å². The van der Waals surface area contributed by atoms with E-state index in [2.05, 4.69) is 31.1 Å². The van der Waals surface area contributed by atoms with Crippen molar-refractivity contribution in [3.05, 3.63) is 33.6 Å². The number of carbonyl (C=O) groups is 4. The molecule has 0 saturated carbocycles. The monoisotopic (exact) mass is 602 g/mol. The summed E-state index contributed by atoms with van der Waals surface area (Å²) in [6.45, 7) is 1.65. The number of aromatic amines is 1. The van der Waals surface area contributed by atoms with Gasteiger partial charge in [0.25, 0.3) is 11.8 Å². The largest absolute Gasteiger partial charge is 0.503 e. The first-order valence-corrected chi connectivity index (χ1v) is 13.1. The van der Waals surface area contributed by atoms with Crippen molar-refractivity contribution in [2.24, 2.45) is 5.16 Å². The van der Waals surface area contributed by atoms with Gasteiger partial charge < -0.3 is 36.4 Å². The number of aromatic nitrogens is 2. The van der Waals surface area contributed by atoms with Gasteiger partial charge in [-0.3, -0.25) is 24.3 Å². The Morgan fingerprint density at radius 3 is 2.55 bits per heavy atom. The number of hydrogen-bond donors (Lipinski definition) is 8. The number of urea groups is 1. The van der Waals surface area contributed by atoms with E-state index in [-0.39, 0.29) is 20.9 Å². The molecule has 0 unspecified atom stereocenters. The highest BCUT2D eigenvalue weighted by Gasteiger charge is 2.54. The molecule has 21 heteroatoms. The Labute approximate surface area is 227 Å². The SMILES string of the molecule is CC(C)(ON=C(C(=O)N[C@@H]1C(=O)N(S(=O)(=O)O)[C@@H]1CNC(=O)Nc1cc(=O)c(O)c[nH]1)c1csc(N)n1)C(=O)O. The molecule has 1 saturated heterocycles. The van der Waals surface area contributed by atoms with Gasteiger partial charge in [-0.2, -0.15) is 8.42 Å². The first kappa shape index (κ1) is 29.8. The number of aliphatic carboxylic acids is 1. The van der Waals surface area contributed by atoms with Gasteiger partial charge in [-0.05, 0) is 13.8 Å². The quantitative estimate of drug-likeness (QED) is 0.0634. The number of carboxylic acid groups (broad SMARTS) is 1. The number of nitrogens with one attached hydrogen (secondary N) is 4. The lowest BCUT2D eigenvalue weighted by atomic mass is 9.98. The first-order chi connectivity index (χ1) is 18.5. The Kier molecular flexibility index (Phi) is 8.31. The highest BCUT2D eigenvalue weighted by molar-refractivity contribution is 7.84. The van der Waals surface area contributed by atoms with Gasteiger partial charge in [-0.25, -0.2) is 18.9 Å². The van der Waals surface area contributed by atoms with Crippen LogP contribution in [0.2, 0.25) is 0 Å². The molecular formula is C19H22N8O11S2. The van der Waals surface area contributed by atoms with Crippen molar-refractivity contribution >= 4 is 62.1 Å². The normalized spacial score (nSPS) is 17.5. The standard InChI is InChI=1S/C19H22N8O11S2/c1-19(2,16(32)33)38-26-12(7-6-39-17(20)23-7)14(30)25-13-8(27(15(13)31)40(35,36)37)4-22-18(34)24-11-3-9(28)10(29)5-21-11/h3,5-6,8,13,29H,4H2,1-2H3,(H2,20,23)(H,25,30)(H,32,33)(H,35,36,37)(H3,21,22,24,28,34)/t8-,13+/m1/s1. The van der Waals surface area contributed by atoms with Crippen LogP contribution in [0.25, 0.3) is 0 Å². The molecule has 1 aliphatic rings. The minimum absolute atomic E-state index is 0.00771. The van der Waals surface area contributed by atoms with Crippen LogP contribution in [0.1, 0.15) is 19.5 Å². The lowest BCUT2D eigenvalue weighted by Crippen LogP contribution is -2.74. The molecule has 2 aromatic heterocycles. The number of nitrogen functional groups attached to an aromatic ring is 1. The summed E-state index contributed by atoms with van der Waals surface area (Å²) in [5.74, 6) is -4.60. The number of amides is 4. The number of thiazole rings is 1. The van der Waals surface area contributed by atoms with E-state index >= 15 is 0 Å². The molecule has 0 radical (unpaired) electrons. The van der Waals surface area contributed by atoms with Gasteiger partial charge >= 0.3 is 22.3 Å². The summed E-state index contributed by atoms with van der Waals surface area (Å²) in [6, 6.07) is -3.30. The second-order valence-electron chi connectivity index (χ2n) is 8.48. The maximum absolute atomic E-state index is 13.0. The summed E-state index contributed by atoms with van der Waals surface area (Å²) in [4.78, 5) is 71.9. The molecule has 3 heterocycles. The Morgan fingerprint density at radius 1 is 1.32 bits per heavy atom. The third kappa shape index (κ3) is 6.62. The minimum Gasteiger partial charge on any atom is -0.503 e. The first-order valence-electron chi connectivity index (χ1n) is 10.8. The van der Waals surface area contributed by atoms with Gasteiger partial charge in [0.1, 0.15) is 17.6 Å². The number of H-pyrrole nitrogens is 1. The van der Waals surface area contributed by atoms with Gasteiger partial charge in [-0.15, -0.1) is 11.3 Å². The third-order valence-corrected chi connectivity index (χ3v) is 6.80. The van der Waals surface area contributed by atoms with E-state index in [1.54, 1.807) is 0 Å². The lowest BCUT2D eigenvalue weighted by molar-refractivity contribution is -0.161. The number of β-lactam (4-membered cyclic amide) rings is 1. The average Bonchev–Trinajstić information content (AvgIpc) is 3.27. The second kappa shape index (κ2) is 11.2. The number of pyridine rings is 1. The Morgan fingerprint density at radius 2 is 2.00 bits per heavy atom. The zero-order valence-corrected chi connectivity index (χ0v) is 22.1. The van der Waals surface area contributed by atoms with Crippen molar-refractivity contribution in [1.82, 2.24) is 24.9 Å². The van der Waals surface area contributed by atoms with Crippen LogP contribution in [0, 0.1) is 0 Å². The van der Waals surface area contributed by atoms with Crippen LogP contribution < -0.4 is 27.1 Å². The van der Waals surface area contributed by atoms with Gasteiger partial charge in [-0.1, -0.05) is 5.16 Å². The van der Waals surface area contributed by atoms with E-state index in [0.717, 1.165) is 37.4 Å². The van der Waals surface area contributed by atoms with Crippen LogP contribution in [0.4, 0.5) is 15.7 Å². The van der Waals surface area contributed by atoms with Gasteiger partial charge in [0.05, 0.1) is 6.04 Å². The minimum atomic E-state index is -5.12. The highest BCUT2D eigenvalue weighted by Crippen LogP contribution is 2.24. The molecule has 1 aliphatic heterocycles. The number of hydrogen-bond acceptors (Lipinski definition) is 13. The molecule has 19 nitrogen and oxygen atoms in total. The van der Waals surface area contributed by atoms with E-state index in [9.17, 15) is 47.2 Å². The summed E-state index contributed by atoms with van der Waals surface area (Å²) < 4.78 is 32.9. The number of rotatable bonds is 10. The number of anilines is 2. The van der Waals surface area contributed by atoms with Crippen LogP contribution in [-0.2, 0) is 29.5 Å². The smallest absolute Gasteiger partial charge is 0.362 e. The molecular weight excluding hydrogens is 580 g/mol. The predicted molar refractivity (Wildman–Crippen MR) is 136 cm³/mol. The third-order valence-electron chi connectivity index (χ3n) is 5.18. The summed E-state index contributed by atoms with van der Waals surface area (Å²) >= 11 is 0.903. The average molecular weight is 603 g/mol. The van der Waals surface area contributed by atoms with E-state index in [1.165, 1.54) is 5.38 Å². The molecule has 0 aliphatic carbocycles. The zero-order valence-electron chi connectivity index (χ0n) is 20.4. The molecule has 9 N–H and O–H groups in total. The molecule has 0 spiro atoms. The van der Waals surface area contributed by atoms with Crippen molar-refractivity contribution in [1.29, 1.82) is 0 Å². The molecule has 0 bridgehead atoms. The Hall–Kier alpha value is -4.76. The summed E-state index contributed by atoms with van der Waals surface area (Å²) in [5.41, 5.74) is 2.12. The number of carboxylic acids is 1. The fourth-order valence-corrected chi connectivity index (χ4v) is 4.50. The predicted octanol–water partition coefficient (Wildman–Crippen LogP) is -1.98. The van der Waals surface area contributed by atoms with Gasteiger partial charge in [0.2, 0.25) is 11.0 Å². The van der Waals surface area contributed by atoms with E-state index in [0.29, 0.717) is 0 Å². The summed E-state index contributed by atoms with van der Waals surface area (Å²) in [5, 5.41) is 29.9. The zero-order chi connectivity index (χ0) is 30.0. The molecule has 2 atom stereocenters. The van der Waals surface area contributed by atoms with Crippen molar-refractivity contribution in [3.63, 3.8) is 0 Å². The van der Waals surface area contributed by atoms with E-state index in [4.69, 9.17) is 10.6 Å². The number of nitrogens with two attached hydrogens (primary N) is 1. The topological polar surface area (TPSA) is 296 Å². The van der Waals surface area contributed by atoms with Crippen LogP contribution in [0.3, 0.4) is 0 Å². The van der Waals surface area contributed by atoms with Crippen LogP contribution >= 0.6 is 11.3 Å². The molecule has 40 heavy (non-hydrogen) atoms. The van der Waals surface area contributed by atoms with Crippen molar-refractivity contribution in [3.8, 4) is 5.75 Å². The van der Waals surface area contributed by atoms with Crippen LogP contribution in [0.15, 0.2) is 27.6 Å². The van der Waals surface area contributed by atoms with Crippen LogP contribution in [0.5, 0.6) is 5.75 Å². The van der Waals surface area contributed by atoms with Crippen LogP contribution in [-0.4, -0.2) is 91.2 Å². The van der Waals surface area contributed by atoms with E-state index < -0.39 is 75.2 Å². The molecule has 216 valence electrons. The maximum Gasteiger partial charge on any atom is 0.362 e. The van der Waals surface area contributed by atoms with Crippen molar-refractivity contribution < 1.29 is 47.2 Å².